The summed E-state index contributed by atoms with van der Waals surface area (Å²) in [6.45, 7) is 0.0514. The average molecular weight is 366 g/mol. The van der Waals surface area contributed by atoms with Crippen LogP contribution in [0.1, 0.15) is 37.7 Å². The van der Waals surface area contributed by atoms with Gasteiger partial charge in [-0.1, -0.05) is 19.3 Å². The van der Waals surface area contributed by atoms with Crippen LogP contribution in [0, 0.1) is 0 Å². The number of rotatable bonds is 7. The van der Waals surface area contributed by atoms with Crippen molar-refractivity contribution < 1.29 is 14.3 Å². The first kappa shape index (κ1) is 19.0. The molecule has 1 aliphatic carbocycles. The lowest BCUT2D eigenvalue weighted by atomic mass is 9.95. The number of aliphatic imine (C=N–C) groups is 1. The maximum atomic E-state index is 12.0. The second kappa shape index (κ2) is 9.76. The molecular formula is C22H26N2O3. The zero-order valence-corrected chi connectivity index (χ0v) is 15.7. The van der Waals surface area contributed by atoms with Gasteiger partial charge in [0.25, 0.3) is 5.91 Å². The number of nitrogens with zero attached hydrogens (tertiary/aromatic N) is 1. The van der Waals surface area contributed by atoms with Gasteiger partial charge in [-0.25, -0.2) is 0 Å². The van der Waals surface area contributed by atoms with Crippen LogP contribution in [0.5, 0.6) is 11.5 Å². The van der Waals surface area contributed by atoms with Gasteiger partial charge in [-0.3, -0.25) is 9.79 Å². The van der Waals surface area contributed by atoms with E-state index in [1.165, 1.54) is 19.3 Å². The first-order chi connectivity index (χ1) is 13.2. The molecule has 1 aliphatic rings. The van der Waals surface area contributed by atoms with Gasteiger partial charge in [0, 0.05) is 12.3 Å². The molecule has 0 unspecified atom stereocenters. The Labute approximate surface area is 160 Å². The highest BCUT2D eigenvalue weighted by Crippen LogP contribution is 2.19. The number of ether oxygens (including phenoxy) is 2. The smallest absolute Gasteiger partial charge is 0.258 e. The van der Waals surface area contributed by atoms with E-state index in [-0.39, 0.29) is 12.5 Å². The standard InChI is InChI=1S/C22H26N2O3/c1-26-20-13-9-18(10-14-20)23-15-17-7-11-21(12-8-17)27-16-22(25)24-19-5-3-2-4-6-19/h7-15,19H,2-6,16H2,1H3,(H,24,25). The van der Waals surface area contributed by atoms with Crippen molar-refractivity contribution in [1.82, 2.24) is 5.32 Å². The number of carbonyl (C=O) groups excluding carboxylic acids is 1. The van der Waals surface area contributed by atoms with Gasteiger partial charge < -0.3 is 14.8 Å². The van der Waals surface area contributed by atoms with E-state index >= 15 is 0 Å². The van der Waals surface area contributed by atoms with Gasteiger partial charge in [0.1, 0.15) is 11.5 Å². The minimum absolute atomic E-state index is 0.0490. The molecule has 142 valence electrons. The Bertz CT molecular complexity index is 748. The molecule has 1 fully saturated rings. The number of nitrogens with one attached hydrogen (secondary N) is 1. The van der Waals surface area contributed by atoms with E-state index < -0.39 is 0 Å². The predicted molar refractivity (Wildman–Crippen MR) is 107 cm³/mol. The Morgan fingerprint density at radius 2 is 1.70 bits per heavy atom. The van der Waals surface area contributed by atoms with Crippen LogP contribution in [0.3, 0.4) is 0 Å². The molecule has 1 saturated carbocycles. The highest BCUT2D eigenvalue weighted by atomic mass is 16.5. The van der Waals surface area contributed by atoms with Crippen LogP contribution in [0.25, 0.3) is 0 Å². The SMILES string of the molecule is COc1ccc(N=Cc2ccc(OCC(=O)NC3CCCCC3)cc2)cc1. The van der Waals surface area contributed by atoms with Crippen molar-refractivity contribution >= 4 is 17.8 Å². The van der Waals surface area contributed by atoms with Crippen molar-refractivity contribution in [2.75, 3.05) is 13.7 Å². The molecule has 0 radical (unpaired) electrons. The maximum Gasteiger partial charge on any atom is 0.258 e. The highest BCUT2D eigenvalue weighted by molar-refractivity contribution is 5.82. The van der Waals surface area contributed by atoms with E-state index in [9.17, 15) is 4.79 Å². The summed E-state index contributed by atoms with van der Waals surface area (Å²) in [4.78, 5) is 16.4. The largest absolute Gasteiger partial charge is 0.497 e. The minimum atomic E-state index is -0.0490. The fourth-order valence-electron chi connectivity index (χ4n) is 3.13. The van der Waals surface area contributed by atoms with E-state index in [1.807, 2.05) is 48.5 Å². The zero-order chi connectivity index (χ0) is 18.9. The predicted octanol–water partition coefficient (Wildman–Crippen LogP) is 4.27. The summed E-state index contributed by atoms with van der Waals surface area (Å²) >= 11 is 0. The monoisotopic (exact) mass is 366 g/mol. The molecule has 3 rings (SSSR count). The van der Waals surface area contributed by atoms with Gasteiger partial charge in [-0.2, -0.15) is 0 Å². The molecule has 0 heterocycles. The van der Waals surface area contributed by atoms with Gasteiger partial charge in [0.15, 0.2) is 6.61 Å². The van der Waals surface area contributed by atoms with Gasteiger partial charge in [0.2, 0.25) is 0 Å². The van der Waals surface area contributed by atoms with Crippen LogP contribution in [-0.2, 0) is 4.79 Å². The van der Waals surface area contributed by atoms with Crippen LogP contribution < -0.4 is 14.8 Å². The average Bonchev–Trinajstić information content (AvgIpc) is 2.72. The lowest BCUT2D eigenvalue weighted by Crippen LogP contribution is -2.38. The fourth-order valence-corrected chi connectivity index (χ4v) is 3.13. The molecule has 2 aromatic rings. The van der Waals surface area contributed by atoms with Crippen LogP contribution in [-0.4, -0.2) is 31.9 Å². The van der Waals surface area contributed by atoms with E-state index in [4.69, 9.17) is 9.47 Å². The first-order valence-electron chi connectivity index (χ1n) is 9.43. The van der Waals surface area contributed by atoms with Gasteiger partial charge in [-0.15, -0.1) is 0 Å². The Morgan fingerprint density at radius 3 is 2.37 bits per heavy atom. The van der Waals surface area contributed by atoms with E-state index in [0.29, 0.717) is 11.8 Å². The quantitative estimate of drug-likeness (QED) is 0.744. The number of benzene rings is 2. The van der Waals surface area contributed by atoms with E-state index in [0.717, 1.165) is 29.8 Å². The maximum absolute atomic E-state index is 12.0. The lowest BCUT2D eigenvalue weighted by Gasteiger charge is -2.22. The Balaban J connectivity index is 1.46. The highest BCUT2D eigenvalue weighted by Gasteiger charge is 2.15. The molecule has 1 amide bonds. The number of carbonyl (C=O) groups is 1. The van der Waals surface area contributed by atoms with Crippen molar-refractivity contribution in [3.05, 3.63) is 54.1 Å². The Hall–Kier alpha value is -2.82. The molecular weight excluding hydrogens is 340 g/mol. The minimum Gasteiger partial charge on any atom is -0.497 e. The lowest BCUT2D eigenvalue weighted by molar-refractivity contribution is -0.124. The molecule has 2 aromatic carbocycles. The van der Waals surface area contributed by atoms with Gasteiger partial charge in [0.05, 0.1) is 12.8 Å². The number of hydrogen-bond acceptors (Lipinski definition) is 4. The summed E-state index contributed by atoms with van der Waals surface area (Å²) < 4.78 is 10.7. The second-order valence-corrected chi connectivity index (χ2v) is 6.72. The van der Waals surface area contributed by atoms with Crippen molar-refractivity contribution in [3.8, 4) is 11.5 Å². The van der Waals surface area contributed by atoms with Gasteiger partial charge >= 0.3 is 0 Å². The molecule has 5 heteroatoms. The molecule has 1 N–H and O–H groups in total. The third kappa shape index (κ3) is 6.13. The molecule has 0 spiro atoms. The molecule has 27 heavy (non-hydrogen) atoms. The third-order valence-electron chi connectivity index (χ3n) is 4.66. The normalized spacial score (nSPS) is 14.9. The fraction of sp³-hybridized carbons (Fsp3) is 0.364. The topological polar surface area (TPSA) is 59.9 Å². The first-order valence-corrected chi connectivity index (χ1v) is 9.43. The van der Waals surface area contributed by atoms with Crippen molar-refractivity contribution in [3.63, 3.8) is 0 Å². The molecule has 0 atom stereocenters. The van der Waals surface area contributed by atoms with Crippen LogP contribution in [0.2, 0.25) is 0 Å². The molecule has 5 nitrogen and oxygen atoms in total. The van der Waals surface area contributed by atoms with Crippen LogP contribution >= 0.6 is 0 Å². The molecule has 0 saturated heterocycles. The van der Waals surface area contributed by atoms with Crippen molar-refractivity contribution in [2.24, 2.45) is 4.99 Å². The molecule has 0 bridgehead atoms. The van der Waals surface area contributed by atoms with Crippen molar-refractivity contribution in [1.29, 1.82) is 0 Å². The Morgan fingerprint density at radius 1 is 1.04 bits per heavy atom. The number of hydrogen-bond donors (Lipinski definition) is 1. The van der Waals surface area contributed by atoms with E-state index in [2.05, 4.69) is 10.3 Å². The summed E-state index contributed by atoms with van der Waals surface area (Å²) in [7, 11) is 1.64. The third-order valence-corrected chi connectivity index (χ3v) is 4.66. The Kier molecular flexibility index (Phi) is 6.85. The van der Waals surface area contributed by atoms with Crippen LogP contribution in [0.4, 0.5) is 5.69 Å². The molecule has 0 aliphatic heterocycles. The zero-order valence-electron chi connectivity index (χ0n) is 15.7. The summed E-state index contributed by atoms with van der Waals surface area (Å²) in [5.74, 6) is 1.44. The summed E-state index contributed by atoms with van der Waals surface area (Å²) in [5.41, 5.74) is 1.82. The van der Waals surface area contributed by atoms with Gasteiger partial charge in [-0.05, 0) is 66.9 Å². The second-order valence-electron chi connectivity index (χ2n) is 6.72. The molecule has 0 aromatic heterocycles. The number of methoxy groups -OCH3 is 1. The summed E-state index contributed by atoms with van der Waals surface area (Å²) in [6, 6.07) is 15.4. The summed E-state index contributed by atoms with van der Waals surface area (Å²) in [5, 5.41) is 3.05. The number of amides is 1. The van der Waals surface area contributed by atoms with Crippen LogP contribution in [0.15, 0.2) is 53.5 Å². The summed E-state index contributed by atoms with van der Waals surface area (Å²) in [6.07, 6.45) is 7.62. The van der Waals surface area contributed by atoms with E-state index in [1.54, 1.807) is 13.3 Å². The van der Waals surface area contributed by atoms with Crippen molar-refractivity contribution in [2.45, 2.75) is 38.1 Å².